The molecule has 6 heteroatoms. The smallest absolute Gasteiger partial charge is 0.268 e. The maximum absolute atomic E-state index is 15.1. The number of carbonyl (C=O) groups is 2. The summed E-state index contributed by atoms with van der Waals surface area (Å²) >= 11 is 0. The van der Waals surface area contributed by atoms with E-state index < -0.39 is 11.8 Å². The van der Waals surface area contributed by atoms with Crippen LogP contribution in [0.2, 0.25) is 0 Å². The minimum atomic E-state index is -0.435. The van der Waals surface area contributed by atoms with Crippen molar-refractivity contribution in [1.29, 1.82) is 10.5 Å². The van der Waals surface area contributed by atoms with Gasteiger partial charge >= 0.3 is 0 Å². The average molecular weight is 667 g/mol. The van der Waals surface area contributed by atoms with Gasteiger partial charge in [-0.15, -0.1) is 0 Å². The van der Waals surface area contributed by atoms with Gasteiger partial charge in [-0.1, -0.05) is 97.1 Å². The fourth-order valence-electron chi connectivity index (χ4n) is 7.43. The molecule has 0 atom stereocenters. The lowest BCUT2D eigenvalue weighted by Gasteiger charge is -2.24. The number of rotatable bonds is 5. The summed E-state index contributed by atoms with van der Waals surface area (Å²) in [5, 5.41) is 21.0. The van der Waals surface area contributed by atoms with E-state index in [0.29, 0.717) is 28.1 Å². The third kappa shape index (κ3) is 4.71. The highest BCUT2D eigenvalue weighted by Crippen LogP contribution is 2.47. The summed E-state index contributed by atoms with van der Waals surface area (Å²) in [5.74, 6) is -0.849. The Hall–Kier alpha value is -7.54. The van der Waals surface area contributed by atoms with Crippen LogP contribution in [0.4, 0.5) is 5.69 Å². The first-order valence-corrected chi connectivity index (χ1v) is 16.8. The van der Waals surface area contributed by atoms with Crippen molar-refractivity contribution in [2.24, 2.45) is 0 Å². The van der Waals surface area contributed by atoms with E-state index in [2.05, 4.69) is 36.4 Å². The molecular weight excluding hydrogens is 641 g/mol. The molecule has 0 N–H and O–H groups in total. The Labute approximate surface area is 299 Å². The first kappa shape index (κ1) is 30.5. The number of hydrogen-bond acceptors (Lipinski definition) is 4. The third-order valence-corrected chi connectivity index (χ3v) is 9.77. The van der Waals surface area contributed by atoms with E-state index in [1.807, 2.05) is 102 Å². The van der Waals surface area contributed by atoms with E-state index in [0.717, 1.165) is 55.2 Å². The summed E-state index contributed by atoms with van der Waals surface area (Å²) in [6.07, 6.45) is 0. The third-order valence-electron chi connectivity index (χ3n) is 9.77. The lowest BCUT2D eigenvalue weighted by Crippen LogP contribution is -2.30. The number of benzene rings is 7. The van der Waals surface area contributed by atoms with Gasteiger partial charge in [-0.05, 0) is 82.9 Å². The normalized spacial score (nSPS) is 12.2. The number of fused-ring (bicyclic) bond motifs is 4. The van der Waals surface area contributed by atoms with Gasteiger partial charge < -0.3 is 4.57 Å². The molecule has 1 aliphatic rings. The number of anilines is 1. The number of imide groups is 1. The highest BCUT2D eigenvalue weighted by atomic mass is 16.2. The standard InChI is InChI=1S/C46H26N4O2/c47-27-29-19-21-40-38(23-29)39-24-30(28-48)20-22-41(39)49(40)42-18-10-17-35-43(42)46(52)50(45(35)51)44-36(32-13-6-2-7-14-32)25-34(31-11-4-1-5-12-31)26-37(44)33-15-8-3-9-16-33/h1-26H. The van der Waals surface area contributed by atoms with Crippen molar-refractivity contribution in [3.05, 3.63) is 180 Å². The number of hydrogen-bond donors (Lipinski definition) is 0. The van der Waals surface area contributed by atoms with Crippen molar-refractivity contribution in [3.63, 3.8) is 0 Å². The van der Waals surface area contributed by atoms with Crippen molar-refractivity contribution in [2.75, 3.05) is 4.90 Å². The molecule has 0 saturated carbocycles. The Balaban J connectivity index is 1.32. The second kappa shape index (κ2) is 12.1. The van der Waals surface area contributed by atoms with Gasteiger partial charge in [0.05, 0.1) is 56.8 Å². The molecule has 7 aromatic carbocycles. The van der Waals surface area contributed by atoms with Gasteiger partial charge in [-0.2, -0.15) is 10.5 Å². The first-order valence-electron chi connectivity index (χ1n) is 16.8. The predicted octanol–water partition coefficient (Wildman–Crippen LogP) is 10.3. The largest absolute Gasteiger partial charge is 0.308 e. The monoisotopic (exact) mass is 666 g/mol. The van der Waals surface area contributed by atoms with Gasteiger partial charge in [0, 0.05) is 21.9 Å². The molecule has 0 radical (unpaired) electrons. The van der Waals surface area contributed by atoms with Crippen LogP contribution in [0.5, 0.6) is 0 Å². The zero-order valence-corrected chi connectivity index (χ0v) is 27.6. The van der Waals surface area contributed by atoms with Crippen molar-refractivity contribution >= 4 is 39.3 Å². The fraction of sp³-hybridized carbons (Fsp3) is 0. The molecule has 8 aromatic rings. The summed E-state index contributed by atoms with van der Waals surface area (Å²) in [7, 11) is 0. The molecule has 9 rings (SSSR count). The molecule has 52 heavy (non-hydrogen) atoms. The van der Waals surface area contributed by atoms with Crippen molar-refractivity contribution in [2.45, 2.75) is 0 Å². The number of aromatic nitrogens is 1. The summed E-state index contributed by atoms with van der Waals surface area (Å²) in [6.45, 7) is 0. The first-order chi connectivity index (χ1) is 25.6. The van der Waals surface area contributed by atoms with Crippen LogP contribution in [0, 0.1) is 22.7 Å². The Morgan fingerprint density at radius 1 is 0.442 bits per heavy atom. The number of nitrogens with zero attached hydrogens (tertiary/aromatic N) is 4. The topological polar surface area (TPSA) is 89.9 Å². The Kier molecular flexibility index (Phi) is 7.10. The minimum Gasteiger partial charge on any atom is -0.308 e. The van der Waals surface area contributed by atoms with Crippen LogP contribution in [0.1, 0.15) is 31.8 Å². The zero-order chi connectivity index (χ0) is 35.3. The van der Waals surface area contributed by atoms with Gasteiger partial charge in [-0.25, -0.2) is 4.90 Å². The molecule has 1 aromatic heterocycles. The maximum atomic E-state index is 15.1. The molecule has 0 unspecified atom stereocenters. The van der Waals surface area contributed by atoms with Crippen LogP contribution in [0.25, 0.3) is 60.9 Å². The van der Waals surface area contributed by atoms with Gasteiger partial charge in [0.2, 0.25) is 0 Å². The highest BCUT2D eigenvalue weighted by molar-refractivity contribution is 6.37. The summed E-state index contributed by atoms with van der Waals surface area (Å²) < 4.78 is 1.95. The molecule has 0 fully saturated rings. The molecule has 0 saturated heterocycles. The van der Waals surface area contributed by atoms with Gasteiger partial charge in [0.1, 0.15) is 0 Å². The maximum Gasteiger partial charge on any atom is 0.268 e. The van der Waals surface area contributed by atoms with E-state index in [1.54, 1.807) is 36.4 Å². The van der Waals surface area contributed by atoms with E-state index in [-0.39, 0.29) is 5.56 Å². The van der Waals surface area contributed by atoms with Gasteiger partial charge in [0.25, 0.3) is 11.8 Å². The van der Waals surface area contributed by atoms with E-state index in [9.17, 15) is 15.3 Å². The molecule has 0 aliphatic carbocycles. The second-order valence-corrected chi connectivity index (χ2v) is 12.7. The second-order valence-electron chi connectivity index (χ2n) is 12.7. The van der Waals surface area contributed by atoms with Crippen LogP contribution in [0.15, 0.2) is 158 Å². The van der Waals surface area contributed by atoms with Crippen LogP contribution < -0.4 is 4.90 Å². The Morgan fingerprint density at radius 2 is 0.942 bits per heavy atom. The summed E-state index contributed by atoms with van der Waals surface area (Å²) in [4.78, 5) is 31.2. The minimum absolute atomic E-state index is 0.283. The molecule has 1 aliphatic heterocycles. The molecule has 0 bridgehead atoms. The molecule has 2 heterocycles. The number of amides is 2. The SMILES string of the molecule is N#Cc1ccc2c(c1)c1cc(C#N)ccc1n2-c1cccc2c1C(=O)N(c1c(-c3ccccc3)cc(-c3ccccc3)cc1-c1ccccc1)C2=O. The van der Waals surface area contributed by atoms with Crippen molar-refractivity contribution < 1.29 is 9.59 Å². The predicted molar refractivity (Wildman–Crippen MR) is 204 cm³/mol. The molecule has 242 valence electrons. The highest BCUT2D eigenvalue weighted by Gasteiger charge is 2.41. The van der Waals surface area contributed by atoms with Crippen LogP contribution in [0.3, 0.4) is 0 Å². The molecule has 6 nitrogen and oxygen atoms in total. The quantitative estimate of drug-likeness (QED) is 0.171. The van der Waals surface area contributed by atoms with Crippen LogP contribution >= 0.6 is 0 Å². The number of carbonyl (C=O) groups excluding carboxylic acids is 2. The van der Waals surface area contributed by atoms with Crippen LogP contribution in [-0.4, -0.2) is 16.4 Å². The van der Waals surface area contributed by atoms with Crippen molar-refractivity contribution in [3.8, 4) is 51.2 Å². The summed E-state index contributed by atoms with van der Waals surface area (Å²) in [6, 6.07) is 54.4. The number of nitriles is 2. The molecule has 0 spiro atoms. The van der Waals surface area contributed by atoms with Gasteiger partial charge in [0.15, 0.2) is 0 Å². The Morgan fingerprint density at radius 3 is 1.44 bits per heavy atom. The lowest BCUT2D eigenvalue weighted by molar-refractivity contribution is 0.0926. The average Bonchev–Trinajstić information content (AvgIpc) is 3.67. The summed E-state index contributed by atoms with van der Waals surface area (Å²) in [5.41, 5.74) is 9.29. The van der Waals surface area contributed by atoms with Gasteiger partial charge in [-0.3, -0.25) is 9.59 Å². The Bertz CT molecular complexity index is 2710. The van der Waals surface area contributed by atoms with Crippen LogP contribution in [-0.2, 0) is 0 Å². The molecular formula is C46H26N4O2. The zero-order valence-electron chi connectivity index (χ0n) is 27.6. The lowest BCUT2D eigenvalue weighted by atomic mass is 9.90. The molecule has 2 amide bonds. The van der Waals surface area contributed by atoms with Crippen molar-refractivity contribution in [1.82, 2.24) is 4.57 Å². The van der Waals surface area contributed by atoms with E-state index in [4.69, 9.17) is 0 Å². The van der Waals surface area contributed by atoms with E-state index >= 15 is 4.79 Å². The van der Waals surface area contributed by atoms with E-state index in [1.165, 1.54) is 4.90 Å². The fourth-order valence-corrected chi connectivity index (χ4v) is 7.43.